The predicted molar refractivity (Wildman–Crippen MR) is 111 cm³/mol. The fourth-order valence-corrected chi connectivity index (χ4v) is 2.69. The zero-order chi connectivity index (χ0) is 21.2. The van der Waals surface area contributed by atoms with Gasteiger partial charge in [0, 0.05) is 29.7 Å². The van der Waals surface area contributed by atoms with Gasteiger partial charge in [-0.2, -0.15) is 0 Å². The third-order valence-electron chi connectivity index (χ3n) is 3.75. The van der Waals surface area contributed by atoms with Gasteiger partial charge in [0.1, 0.15) is 5.75 Å². The van der Waals surface area contributed by atoms with Crippen LogP contribution in [0, 0.1) is 6.92 Å². The highest BCUT2D eigenvalue weighted by Crippen LogP contribution is 2.22. The molecule has 0 bridgehead atoms. The zero-order valence-corrected chi connectivity index (χ0v) is 17.0. The minimum Gasteiger partial charge on any atom is -0.493 e. The molecule has 0 aliphatic rings. The number of hydrogen-bond acceptors (Lipinski definition) is 5. The normalized spacial score (nSPS) is 10.2. The molecule has 0 saturated heterocycles. The van der Waals surface area contributed by atoms with Gasteiger partial charge in [-0.05, 0) is 55.3 Å². The number of carbonyl (C=O) groups is 3. The number of nitrogens with one attached hydrogen (secondary N) is 2. The van der Waals surface area contributed by atoms with Crippen LogP contribution in [0.3, 0.4) is 0 Å². The number of amides is 2. The Labute approximate surface area is 174 Å². The Kier molecular flexibility index (Phi) is 8.48. The standard InChI is InChI=1S/C21H23ClN2O5/c1-14-11-16(22)8-9-19(14)28-10-4-7-21(27)29-13-20(26)24-18-6-3-5-17(12-18)23-15(2)25/h3,5-6,8-9,11-12H,4,7,10,13H2,1-2H3,(H,23,25)(H,24,26). The molecule has 2 N–H and O–H groups in total. The summed E-state index contributed by atoms with van der Waals surface area (Å²) in [5, 5.41) is 5.87. The predicted octanol–water partition coefficient (Wildman–Crippen LogP) is 3.95. The summed E-state index contributed by atoms with van der Waals surface area (Å²) >= 11 is 5.89. The summed E-state index contributed by atoms with van der Waals surface area (Å²) in [4.78, 5) is 34.8. The highest BCUT2D eigenvalue weighted by atomic mass is 35.5. The lowest BCUT2D eigenvalue weighted by Crippen LogP contribution is -2.21. The molecule has 2 aromatic rings. The van der Waals surface area contributed by atoms with E-state index in [4.69, 9.17) is 21.1 Å². The Morgan fingerprint density at radius 2 is 1.76 bits per heavy atom. The summed E-state index contributed by atoms with van der Waals surface area (Å²) in [6, 6.07) is 12.0. The smallest absolute Gasteiger partial charge is 0.306 e. The van der Waals surface area contributed by atoms with Gasteiger partial charge >= 0.3 is 5.97 Å². The first kappa shape index (κ1) is 22.2. The lowest BCUT2D eigenvalue weighted by atomic mass is 10.2. The van der Waals surface area contributed by atoms with Gasteiger partial charge in [0.25, 0.3) is 5.91 Å². The van der Waals surface area contributed by atoms with Crippen LogP contribution in [-0.4, -0.2) is 31.0 Å². The van der Waals surface area contributed by atoms with Crippen molar-refractivity contribution in [1.29, 1.82) is 0 Å². The van der Waals surface area contributed by atoms with Crippen molar-refractivity contribution in [2.24, 2.45) is 0 Å². The van der Waals surface area contributed by atoms with Crippen molar-refractivity contribution in [2.75, 3.05) is 23.8 Å². The lowest BCUT2D eigenvalue weighted by Gasteiger charge is -2.10. The van der Waals surface area contributed by atoms with Crippen molar-refractivity contribution >= 4 is 40.8 Å². The fraction of sp³-hybridized carbons (Fsp3) is 0.286. The highest BCUT2D eigenvalue weighted by molar-refractivity contribution is 6.30. The summed E-state index contributed by atoms with van der Waals surface area (Å²) in [6.45, 7) is 3.24. The Morgan fingerprint density at radius 3 is 2.45 bits per heavy atom. The summed E-state index contributed by atoms with van der Waals surface area (Å²) in [5.74, 6) is -0.448. The van der Waals surface area contributed by atoms with Crippen LogP contribution >= 0.6 is 11.6 Å². The number of hydrogen-bond donors (Lipinski definition) is 2. The van der Waals surface area contributed by atoms with Gasteiger partial charge in [0.15, 0.2) is 6.61 Å². The molecule has 0 saturated carbocycles. The molecule has 0 aliphatic carbocycles. The number of anilines is 2. The van der Waals surface area contributed by atoms with E-state index in [1.165, 1.54) is 6.92 Å². The first-order valence-electron chi connectivity index (χ1n) is 9.05. The number of aryl methyl sites for hydroxylation is 1. The molecule has 8 heteroatoms. The molecule has 0 aromatic heterocycles. The van der Waals surface area contributed by atoms with E-state index in [1.807, 2.05) is 6.92 Å². The first-order chi connectivity index (χ1) is 13.8. The molecule has 0 spiro atoms. The van der Waals surface area contributed by atoms with Gasteiger partial charge in [-0.1, -0.05) is 17.7 Å². The molecular formula is C21H23ClN2O5. The molecule has 0 radical (unpaired) electrons. The van der Waals surface area contributed by atoms with Crippen LogP contribution in [0.2, 0.25) is 5.02 Å². The Balaban J connectivity index is 1.67. The number of benzene rings is 2. The summed E-state index contributed by atoms with van der Waals surface area (Å²) in [7, 11) is 0. The molecule has 0 unspecified atom stereocenters. The van der Waals surface area contributed by atoms with Crippen LogP contribution in [0.5, 0.6) is 5.75 Å². The van der Waals surface area contributed by atoms with Crippen molar-refractivity contribution in [2.45, 2.75) is 26.7 Å². The van der Waals surface area contributed by atoms with Crippen LogP contribution in [0.15, 0.2) is 42.5 Å². The number of esters is 1. The summed E-state index contributed by atoms with van der Waals surface area (Å²) < 4.78 is 10.6. The van der Waals surface area contributed by atoms with Crippen molar-refractivity contribution in [3.8, 4) is 5.75 Å². The van der Waals surface area contributed by atoms with Crippen molar-refractivity contribution in [3.05, 3.63) is 53.1 Å². The van der Waals surface area contributed by atoms with Crippen LogP contribution in [0.1, 0.15) is 25.3 Å². The van der Waals surface area contributed by atoms with Crippen molar-refractivity contribution in [3.63, 3.8) is 0 Å². The maximum atomic E-state index is 11.9. The van der Waals surface area contributed by atoms with Crippen LogP contribution in [0.25, 0.3) is 0 Å². The van der Waals surface area contributed by atoms with Crippen LogP contribution in [-0.2, 0) is 19.1 Å². The molecule has 0 fully saturated rings. The van der Waals surface area contributed by atoms with Gasteiger partial charge in [0.2, 0.25) is 5.91 Å². The molecule has 154 valence electrons. The van der Waals surface area contributed by atoms with E-state index in [2.05, 4.69) is 10.6 Å². The van der Waals surface area contributed by atoms with Crippen molar-refractivity contribution < 1.29 is 23.9 Å². The minimum atomic E-state index is -0.483. The van der Waals surface area contributed by atoms with Gasteiger partial charge < -0.3 is 20.1 Å². The molecule has 7 nitrogen and oxygen atoms in total. The van der Waals surface area contributed by atoms with E-state index in [0.29, 0.717) is 35.2 Å². The third kappa shape index (κ3) is 8.23. The lowest BCUT2D eigenvalue weighted by molar-refractivity contribution is -0.147. The maximum Gasteiger partial charge on any atom is 0.306 e. The SMILES string of the molecule is CC(=O)Nc1cccc(NC(=O)COC(=O)CCCOc2ccc(Cl)cc2C)c1. The van der Waals surface area contributed by atoms with E-state index in [9.17, 15) is 14.4 Å². The zero-order valence-electron chi connectivity index (χ0n) is 16.3. The van der Waals surface area contributed by atoms with Crippen LogP contribution in [0.4, 0.5) is 11.4 Å². The summed E-state index contributed by atoms with van der Waals surface area (Å²) in [6.07, 6.45) is 0.596. The fourth-order valence-electron chi connectivity index (χ4n) is 2.47. The van der Waals surface area contributed by atoms with Crippen molar-refractivity contribution in [1.82, 2.24) is 0 Å². The molecule has 0 heterocycles. The van der Waals surface area contributed by atoms with Gasteiger partial charge in [-0.15, -0.1) is 0 Å². The van der Waals surface area contributed by atoms with Gasteiger partial charge in [-0.25, -0.2) is 0 Å². The van der Waals surface area contributed by atoms with Gasteiger partial charge in [-0.3, -0.25) is 14.4 Å². The van der Waals surface area contributed by atoms with E-state index >= 15 is 0 Å². The Hall–Kier alpha value is -3.06. The monoisotopic (exact) mass is 418 g/mol. The molecule has 29 heavy (non-hydrogen) atoms. The van der Waals surface area contributed by atoms with E-state index in [0.717, 1.165) is 5.56 Å². The number of halogens is 1. The largest absolute Gasteiger partial charge is 0.493 e. The third-order valence-corrected chi connectivity index (χ3v) is 3.99. The Bertz CT molecular complexity index is 885. The highest BCUT2D eigenvalue weighted by Gasteiger charge is 2.09. The molecule has 2 amide bonds. The molecular weight excluding hydrogens is 396 g/mol. The number of ether oxygens (including phenoxy) is 2. The molecule has 0 atom stereocenters. The molecule has 2 rings (SSSR count). The molecule has 2 aromatic carbocycles. The topological polar surface area (TPSA) is 93.7 Å². The average Bonchev–Trinajstić information content (AvgIpc) is 2.64. The minimum absolute atomic E-state index is 0.137. The van der Waals surface area contributed by atoms with E-state index in [-0.39, 0.29) is 18.9 Å². The second kappa shape index (κ2) is 11.1. The summed E-state index contributed by atoms with van der Waals surface area (Å²) in [5.41, 5.74) is 1.96. The Morgan fingerprint density at radius 1 is 1.03 bits per heavy atom. The number of rotatable bonds is 9. The molecule has 0 aliphatic heterocycles. The van der Waals surface area contributed by atoms with Crippen LogP contribution < -0.4 is 15.4 Å². The van der Waals surface area contributed by atoms with E-state index in [1.54, 1.807) is 42.5 Å². The number of carbonyl (C=O) groups excluding carboxylic acids is 3. The van der Waals surface area contributed by atoms with E-state index < -0.39 is 11.9 Å². The van der Waals surface area contributed by atoms with Gasteiger partial charge in [0.05, 0.1) is 6.61 Å². The first-order valence-corrected chi connectivity index (χ1v) is 9.43. The average molecular weight is 419 g/mol. The second-order valence-corrected chi connectivity index (χ2v) is 6.77. The maximum absolute atomic E-state index is 11.9. The quantitative estimate of drug-likeness (QED) is 0.475. The second-order valence-electron chi connectivity index (χ2n) is 6.33.